The molecule has 5 nitrogen and oxygen atoms in total. The van der Waals surface area contributed by atoms with Crippen LogP contribution in [0, 0.1) is 5.41 Å². The summed E-state index contributed by atoms with van der Waals surface area (Å²) >= 11 is 0. The van der Waals surface area contributed by atoms with E-state index in [0.29, 0.717) is 23.4 Å². The van der Waals surface area contributed by atoms with Crippen molar-refractivity contribution in [2.75, 3.05) is 14.2 Å². The van der Waals surface area contributed by atoms with Crippen LogP contribution in [0.3, 0.4) is 0 Å². The monoisotopic (exact) mass is 313 g/mol. The van der Waals surface area contributed by atoms with Gasteiger partial charge in [-0.2, -0.15) is 0 Å². The van der Waals surface area contributed by atoms with Gasteiger partial charge in [-0.1, -0.05) is 24.3 Å². The van der Waals surface area contributed by atoms with Crippen LogP contribution in [0.1, 0.15) is 30.9 Å². The molecule has 0 N–H and O–H groups in total. The number of hydrogen-bond donors (Lipinski definition) is 0. The average molecular weight is 313 g/mol. The van der Waals surface area contributed by atoms with E-state index in [1.807, 2.05) is 31.2 Å². The highest BCUT2D eigenvalue weighted by Gasteiger charge is 2.59. The highest BCUT2D eigenvalue weighted by molar-refractivity contribution is 6.12. The van der Waals surface area contributed by atoms with Gasteiger partial charge in [0, 0.05) is 17.3 Å². The zero-order chi connectivity index (χ0) is 16.8. The third-order valence-electron chi connectivity index (χ3n) is 4.94. The van der Waals surface area contributed by atoms with Crippen LogP contribution in [0.2, 0.25) is 0 Å². The molecule has 0 bridgehead atoms. The highest BCUT2D eigenvalue weighted by atomic mass is 16.5. The number of fused-ring (bicyclic) bond motifs is 3. The molecule has 3 rings (SSSR count). The van der Waals surface area contributed by atoms with E-state index in [1.54, 1.807) is 6.92 Å². The number of carbonyl (C=O) groups is 2. The molecule has 2 atom stereocenters. The molecule has 1 heterocycles. The number of carbonyl (C=O) groups excluding carboxylic acids is 2. The molecule has 0 amide bonds. The van der Waals surface area contributed by atoms with E-state index in [4.69, 9.17) is 9.47 Å². The van der Waals surface area contributed by atoms with Crippen LogP contribution in [0.15, 0.2) is 40.5 Å². The molecule has 0 fully saturated rings. The Morgan fingerprint density at radius 1 is 1.17 bits per heavy atom. The highest BCUT2D eigenvalue weighted by Crippen LogP contribution is 2.55. The number of benzene rings is 1. The predicted octanol–water partition coefficient (Wildman–Crippen LogP) is 2.41. The average Bonchev–Trinajstić information content (AvgIpc) is 2.90. The molecule has 1 aliphatic carbocycles. The van der Waals surface area contributed by atoms with Crippen LogP contribution in [0.4, 0.5) is 0 Å². The second kappa shape index (κ2) is 5.33. The molecule has 1 aliphatic heterocycles. The summed E-state index contributed by atoms with van der Waals surface area (Å²) in [7, 11) is 2.71. The van der Waals surface area contributed by atoms with Gasteiger partial charge in [0.25, 0.3) is 0 Å². The fourth-order valence-corrected chi connectivity index (χ4v) is 3.90. The fourth-order valence-electron chi connectivity index (χ4n) is 3.90. The summed E-state index contributed by atoms with van der Waals surface area (Å²) in [5, 5.41) is 0. The molecule has 1 aromatic carbocycles. The first kappa shape index (κ1) is 15.5. The maximum atomic E-state index is 12.7. The summed E-state index contributed by atoms with van der Waals surface area (Å²) in [6.07, 6.45) is 0.476. The molecule has 120 valence electrons. The van der Waals surface area contributed by atoms with E-state index in [9.17, 15) is 9.59 Å². The van der Waals surface area contributed by atoms with Gasteiger partial charge in [-0.05, 0) is 31.4 Å². The van der Waals surface area contributed by atoms with Gasteiger partial charge in [0.2, 0.25) is 0 Å². The Hall–Kier alpha value is -2.43. The number of allylic oxidation sites excluding steroid dienone is 1. The van der Waals surface area contributed by atoms with Gasteiger partial charge in [-0.15, -0.1) is 0 Å². The summed E-state index contributed by atoms with van der Waals surface area (Å²) in [5.74, 6) is -1.24. The lowest BCUT2D eigenvalue weighted by Crippen LogP contribution is -2.46. The van der Waals surface area contributed by atoms with Gasteiger partial charge in [0.1, 0.15) is 5.41 Å². The van der Waals surface area contributed by atoms with Crippen LogP contribution < -0.4 is 0 Å². The van der Waals surface area contributed by atoms with Gasteiger partial charge in [0.15, 0.2) is 0 Å². The van der Waals surface area contributed by atoms with Crippen molar-refractivity contribution in [3.63, 3.8) is 0 Å². The first-order valence-electron chi connectivity index (χ1n) is 7.48. The Kier molecular flexibility index (Phi) is 3.59. The van der Waals surface area contributed by atoms with Crippen molar-refractivity contribution in [3.8, 4) is 0 Å². The molecule has 0 saturated carbocycles. The number of methoxy groups -OCH3 is 2. The molecule has 0 spiro atoms. The minimum absolute atomic E-state index is 0.367. The molecule has 5 heteroatoms. The molecule has 0 aromatic heterocycles. The number of aliphatic imine (C=N–C) groups is 1. The summed E-state index contributed by atoms with van der Waals surface area (Å²) in [5.41, 5.74) is 2.74. The number of ether oxygens (including phenoxy) is 2. The second-order valence-corrected chi connectivity index (χ2v) is 5.96. The van der Waals surface area contributed by atoms with Crippen molar-refractivity contribution >= 4 is 17.7 Å². The molecule has 0 radical (unpaired) electrons. The number of hydrogen-bond acceptors (Lipinski definition) is 5. The van der Waals surface area contributed by atoms with E-state index in [-0.39, 0.29) is 5.97 Å². The first-order chi connectivity index (χ1) is 11.0. The fraction of sp³-hybridized carbons (Fsp3) is 0.389. The molecule has 0 saturated heterocycles. The van der Waals surface area contributed by atoms with Crippen LogP contribution in [0.5, 0.6) is 0 Å². The molecular formula is C18H19NO4. The van der Waals surface area contributed by atoms with Crippen molar-refractivity contribution in [2.45, 2.75) is 26.2 Å². The van der Waals surface area contributed by atoms with E-state index in [0.717, 1.165) is 11.1 Å². The molecule has 2 unspecified atom stereocenters. The molecule has 23 heavy (non-hydrogen) atoms. The Bertz CT molecular complexity index is 762. The van der Waals surface area contributed by atoms with Gasteiger partial charge in [-0.25, -0.2) is 4.79 Å². The van der Waals surface area contributed by atoms with Crippen molar-refractivity contribution in [3.05, 3.63) is 46.7 Å². The first-order valence-corrected chi connectivity index (χ1v) is 7.48. The topological polar surface area (TPSA) is 65.0 Å². The lowest BCUT2D eigenvalue weighted by atomic mass is 9.67. The largest absolute Gasteiger partial charge is 0.468 e. The smallest absolute Gasteiger partial charge is 0.336 e. The van der Waals surface area contributed by atoms with Gasteiger partial charge >= 0.3 is 11.9 Å². The van der Waals surface area contributed by atoms with Gasteiger partial charge in [0.05, 0.1) is 19.8 Å². The van der Waals surface area contributed by atoms with Crippen LogP contribution in [-0.2, 0) is 25.5 Å². The standard InChI is InChI=1S/C18H19NO4/c1-10-14(16(20)22-3)15-13-8-6-5-7-12(13)9-18(15,11(2)19-10)17(21)23-4/h5-8,15H,9H2,1-4H3. The Morgan fingerprint density at radius 3 is 2.52 bits per heavy atom. The Balaban J connectivity index is 2.32. The third-order valence-corrected chi connectivity index (χ3v) is 4.94. The predicted molar refractivity (Wildman–Crippen MR) is 85.2 cm³/mol. The maximum absolute atomic E-state index is 12.7. The van der Waals surface area contributed by atoms with E-state index >= 15 is 0 Å². The zero-order valence-electron chi connectivity index (χ0n) is 13.7. The van der Waals surface area contributed by atoms with Crippen molar-refractivity contribution in [1.82, 2.24) is 0 Å². The summed E-state index contributed by atoms with van der Waals surface area (Å²) in [6, 6.07) is 7.79. The lowest BCUT2D eigenvalue weighted by molar-refractivity contribution is -0.149. The minimum Gasteiger partial charge on any atom is -0.468 e. The quantitative estimate of drug-likeness (QED) is 0.787. The normalized spacial score (nSPS) is 25.4. The van der Waals surface area contributed by atoms with Crippen molar-refractivity contribution in [1.29, 1.82) is 0 Å². The van der Waals surface area contributed by atoms with Crippen LogP contribution in [-0.4, -0.2) is 31.9 Å². The molecule has 2 aliphatic rings. The molecular weight excluding hydrogens is 294 g/mol. The minimum atomic E-state index is -0.971. The number of esters is 2. The van der Waals surface area contributed by atoms with Gasteiger partial charge in [-0.3, -0.25) is 9.79 Å². The second-order valence-electron chi connectivity index (χ2n) is 5.96. The van der Waals surface area contributed by atoms with Crippen LogP contribution >= 0.6 is 0 Å². The summed E-state index contributed by atoms with van der Waals surface area (Å²) in [4.78, 5) is 29.6. The van der Waals surface area contributed by atoms with E-state index in [2.05, 4.69) is 4.99 Å². The summed E-state index contributed by atoms with van der Waals surface area (Å²) < 4.78 is 10.1. The summed E-state index contributed by atoms with van der Waals surface area (Å²) in [6.45, 7) is 3.60. The number of nitrogens with zero attached hydrogens (tertiary/aromatic N) is 1. The maximum Gasteiger partial charge on any atom is 0.336 e. The van der Waals surface area contributed by atoms with Gasteiger partial charge < -0.3 is 9.47 Å². The zero-order valence-corrected chi connectivity index (χ0v) is 13.7. The Morgan fingerprint density at radius 2 is 1.87 bits per heavy atom. The van der Waals surface area contributed by atoms with Crippen molar-refractivity contribution < 1.29 is 19.1 Å². The Labute approximate surface area is 135 Å². The molecule has 1 aromatic rings. The SMILES string of the molecule is COC(=O)C1=C(C)N=C(C)C2(C(=O)OC)Cc3ccccc3C12. The van der Waals surface area contributed by atoms with E-state index in [1.165, 1.54) is 14.2 Å². The van der Waals surface area contributed by atoms with Crippen LogP contribution in [0.25, 0.3) is 0 Å². The van der Waals surface area contributed by atoms with E-state index < -0.39 is 17.3 Å². The van der Waals surface area contributed by atoms with Crippen molar-refractivity contribution in [2.24, 2.45) is 10.4 Å². The third kappa shape index (κ3) is 1.96. The lowest BCUT2D eigenvalue weighted by Gasteiger charge is -2.37. The number of rotatable bonds is 2.